The summed E-state index contributed by atoms with van der Waals surface area (Å²) in [5, 5.41) is 6.78. The minimum Gasteiger partial charge on any atom is -0.369 e. The molecule has 2 aromatic rings. The third-order valence-electron chi connectivity index (χ3n) is 4.16. The Labute approximate surface area is 158 Å². The van der Waals surface area contributed by atoms with Crippen LogP contribution in [0.25, 0.3) is 0 Å². The number of amides is 1. The Bertz CT molecular complexity index is 803. The van der Waals surface area contributed by atoms with Gasteiger partial charge in [0.15, 0.2) is 5.11 Å². The van der Waals surface area contributed by atoms with Crippen LogP contribution in [0.15, 0.2) is 42.5 Å². The van der Waals surface area contributed by atoms with Crippen molar-refractivity contribution in [2.45, 2.75) is 19.8 Å². The number of rotatable bonds is 3. The first-order chi connectivity index (χ1) is 12.0. The van der Waals surface area contributed by atoms with E-state index in [1.807, 2.05) is 43.3 Å². The average Bonchev–Trinajstić information content (AvgIpc) is 3.09. The fraction of sp³-hybridized carbons (Fsp3) is 0.263. The van der Waals surface area contributed by atoms with E-state index in [1.54, 1.807) is 6.07 Å². The van der Waals surface area contributed by atoms with Gasteiger partial charge < -0.3 is 10.2 Å². The summed E-state index contributed by atoms with van der Waals surface area (Å²) >= 11 is 11.7. The third-order valence-corrected chi connectivity index (χ3v) is 4.67. The van der Waals surface area contributed by atoms with Crippen LogP contribution in [0, 0.1) is 6.92 Å². The first-order valence-corrected chi connectivity index (χ1v) is 9.05. The summed E-state index contributed by atoms with van der Waals surface area (Å²) in [6, 6.07) is 13.0. The van der Waals surface area contributed by atoms with Crippen LogP contribution in [0.3, 0.4) is 0 Å². The van der Waals surface area contributed by atoms with Crippen LogP contribution < -0.4 is 15.5 Å². The maximum Gasteiger partial charge on any atom is 0.257 e. The van der Waals surface area contributed by atoms with E-state index in [4.69, 9.17) is 23.8 Å². The van der Waals surface area contributed by atoms with Crippen molar-refractivity contribution in [3.8, 4) is 0 Å². The van der Waals surface area contributed by atoms with E-state index < -0.39 is 0 Å². The number of nitrogens with one attached hydrogen (secondary N) is 2. The van der Waals surface area contributed by atoms with Gasteiger partial charge in [-0.15, -0.1) is 0 Å². The quantitative estimate of drug-likeness (QED) is 0.784. The summed E-state index contributed by atoms with van der Waals surface area (Å²) in [5.41, 5.74) is 3.35. The SMILES string of the molecule is Cc1cccc(C(=O)NC(=S)Nc2cccc(Cl)c2N2CCCC2)c1. The fourth-order valence-corrected chi connectivity index (χ4v) is 3.49. The molecule has 0 aliphatic carbocycles. The maximum absolute atomic E-state index is 12.3. The van der Waals surface area contributed by atoms with Crippen molar-refractivity contribution in [2.75, 3.05) is 23.3 Å². The van der Waals surface area contributed by atoms with Crippen LogP contribution >= 0.6 is 23.8 Å². The topological polar surface area (TPSA) is 44.4 Å². The molecule has 0 aromatic heterocycles. The van der Waals surface area contributed by atoms with Gasteiger partial charge in [0, 0.05) is 18.7 Å². The van der Waals surface area contributed by atoms with Crippen LogP contribution in [-0.4, -0.2) is 24.1 Å². The van der Waals surface area contributed by atoms with E-state index in [0.29, 0.717) is 10.6 Å². The minimum absolute atomic E-state index is 0.231. The second-order valence-electron chi connectivity index (χ2n) is 6.11. The average molecular weight is 374 g/mol. The molecule has 1 saturated heterocycles. The first-order valence-electron chi connectivity index (χ1n) is 8.27. The van der Waals surface area contributed by atoms with Crippen molar-refractivity contribution in [3.05, 3.63) is 58.6 Å². The van der Waals surface area contributed by atoms with E-state index >= 15 is 0 Å². The second kappa shape index (κ2) is 7.85. The van der Waals surface area contributed by atoms with Crippen LogP contribution in [0.5, 0.6) is 0 Å². The number of hydrogen-bond acceptors (Lipinski definition) is 3. The molecule has 1 aliphatic heterocycles. The van der Waals surface area contributed by atoms with Crippen molar-refractivity contribution in [2.24, 2.45) is 0 Å². The summed E-state index contributed by atoms with van der Waals surface area (Å²) in [7, 11) is 0. The predicted molar refractivity (Wildman–Crippen MR) is 108 cm³/mol. The summed E-state index contributed by atoms with van der Waals surface area (Å²) in [4.78, 5) is 14.6. The van der Waals surface area contributed by atoms with Crippen molar-refractivity contribution < 1.29 is 4.79 Å². The Kier molecular flexibility index (Phi) is 5.56. The van der Waals surface area contributed by atoms with E-state index in [0.717, 1.165) is 42.9 Å². The Balaban J connectivity index is 1.73. The van der Waals surface area contributed by atoms with Gasteiger partial charge in [-0.3, -0.25) is 10.1 Å². The molecular formula is C19H20ClN3OS. The summed E-state index contributed by atoms with van der Waals surface area (Å²) in [6.45, 7) is 3.89. The maximum atomic E-state index is 12.3. The molecule has 1 fully saturated rings. The summed E-state index contributed by atoms with van der Waals surface area (Å²) in [5.74, 6) is -0.231. The van der Waals surface area contributed by atoms with Gasteiger partial charge in [0.1, 0.15) is 0 Å². The predicted octanol–water partition coefficient (Wildman–Crippen LogP) is 4.38. The van der Waals surface area contributed by atoms with Gasteiger partial charge >= 0.3 is 0 Å². The molecule has 1 aliphatic rings. The highest BCUT2D eigenvalue weighted by Gasteiger charge is 2.19. The van der Waals surface area contributed by atoms with Gasteiger partial charge in [-0.1, -0.05) is 35.4 Å². The fourth-order valence-electron chi connectivity index (χ4n) is 2.99. The monoisotopic (exact) mass is 373 g/mol. The molecule has 1 heterocycles. The van der Waals surface area contributed by atoms with Crippen molar-refractivity contribution in [3.63, 3.8) is 0 Å². The number of anilines is 2. The Morgan fingerprint density at radius 2 is 1.88 bits per heavy atom. The van der Waals surface area contributed by atoms with Gasteiger partial charge in [-0.25, -0.2) is 0 Å². The number of carbonyl (C=O) groups is 1. The lowest BCUT2D eigenvalue weighted by Gasteiger charge is -2.23. The number of carbonyl (C=O) groups excluding carboxylic acids is 1. The molecule has 2 aromatic carbocycles. The molecule has 0 atom stereocenters. The van der Waals surface area contributed by atoms with Crippen molar-refractivity contribution >= 4 is 46.2 Å². The molecule has 0 radical (unpaired) electrons. The zero-order valence-corrected chi connectivity index (χ0v) is 15.6. The van der Waals surface area contributed by atoms with Crippen LogP contribution in [-0.2, 0) is 0 Å². The number of aryl methyl sites for hydroxylation is 1. The third kappa shape index (κ3) is 4.30. The van der Waals surface area contributed by atoms with Gasteiger partial charge in [-0.2, -0.15) is 0 Å². The summed E-state index contributed by atoms with van der Waals surface area (Å²) in [6.07, 6.45) is 2.30. The largest absolute Gasteiger partial charge is 0.369 e. The van der Waals surface area contributed by atoms with Gasteiger partial charge in [0.05, 0.1) is 16.4 Å². The van der Waals surface area contributed by atoms with Crippen LogP contribution in [0.4, 0.5) is 11.4 Å². The smallest absolute Gasteiger partial charge is 0.257 e. The van der Waals surface area contributed by atoms with Crippen molar-refractivity contribution in [1.29, 1.82) is 0 Å². The zero-order chi connectivity index (χ0) is 17.8. The van der Waals surface area contributed by atoms with E-state index in [-0.39, 0.29) is 11.0 Å². The summed E-state index contributed by atoms with van der Waals surface area (Å²) < 4.78 is 0. The van der Waals surface area contributed by atoms with E-state index in [9.17, 15) is 4.79 Å². The van der Waals surface area contributed by atoms with Crippen LogP contribution in [0.1, 0.15) is 28.8 Å². The molecule has 0 bridgehead atoms. The van der Waals surface area contributed by atoms with Crippen molar-refractivity contribution in [1.82, 2.24) is 5.32 Å². The molecule has 0 saturated carbocycles. The van der Waals surface area contributed by atoms with E-state index in [2.05, 4.69) is 15.5 Å². The standard InChI is InChI=1S/C19H20ClN3OS/c1-13-6-4-7-14(12-13)18(24)22-19(25)21-16-9-5-8-15(20)17(16)23-10-2-3-11-23/h4-9,12H,2-3,10-11H2,1H3,(H2,21,22,24,25). The van der Waals surface area contributed by atoms with Gasteiger partial charge in [0.2, 0.25) is 0 Å². The number of halogens is 1. The lowest BCUT2D eigenvalue weighted by atomic mass is 10.1. The van der Waals surface area contributed by atoms with Gasteiger partial charge in [-0.05, 0) is 56.2 Å². The highest BCUT2D eigenvalue weighted by Crippen LogP contribution is 2.35. The van der Waals surface area contributed by atoms with Crippen LogP contribution in [0.2, 0.25) is 5.02 Å². The molecule has 25 heavy (non-hydrogen) atoms. The number of para-hydroxylation sites is 1. The Hall–Kier alpha value is -2.11. The molecular weight excluding hydrogens is 354 g/mol. The number of hydrogen-bond donors (Lipinski definition) is 2. The Morgan fingerprint density at radius 3 is 2.60 bits per heavy atom. The highest BCUT2D eigenvalue weighted by atomic mass is 35.5. The second-order valence-corrected chi connectivity index (χ2v) is 6.92. The molecule has 6 heteroatoms. The molecule has 0 spiro atoms. The van der Waals surface area contributed by atoms with Gasteiger partial charge in [0.25, 0.3) is 5.91 Å². The highest BCUT2D eigenvalue weighted by molar-refractivity contribution is 7.80. The lowest BCUT2D eigenvalue weighted by molar-refractivity contribution is 0.0977. The number of benzene rings is 2. The first kappa shape index (κ1) is 17.7. The molecule has 0 unspecified atom stereocenters. The number of thiocarbonyl (C=S) groups is 1. The Morgan fingerprint density at radius 1 is 1.16 bits per heavy atom. The lowest BCUT2D eigenvalue weighted by Crippen LogP contribution is -2.34. The molecule has 3 rings (SSSR count). The van der Waals surface area contributed by atoms with E-state index in [1.165, 1.54) is 0 Å². The normalized spacial score (nSPS) is 13.6. The molecule has 4 nitrogen and oxygen atoms in total. The number of nitrogens with zero attached hydrogens (tertiary/aromatic N) is 1. The zero-order valence-electron chi connectivity index (χ0n) is 14.0. The molecule has 130 valence electrons. The molecule has 1 amide bonds. The molecule has 2 N–H and O–H groups in total. The minimum atomic E-state index is -0.231.